The molecule has 0 atom stereocenters. The molecule has 4 heteroatoms. The van der Waals surface area contributed by atoms with Crippen molar-refractivity contribution in [2.45, 2.75) is 25.7 Å². The van der Waals surface area contributed by atoms with E-state index in [9.17, 15) is 4.79 Å². The van der Waals surface area contributed by atoms with Crippen molar-refractivity contribution in [1.82, 2.24) is 0 Å². The lowest BCUT2D eigenvalue weighted by Gasteiger charge is -2.09. The normalized spacial score (nSPS) is 14.4. The summed E-state index contributed by atoms with van der Waals surface area (Å²) >= 11 is 0. The smallest absolute Gasteiger partial charge is 0.158 e. The molecular formula is C13H15N3O. The van der Waals surface area contributed by atoms with Crippen molar-refractivity contribution in [3.8, 4) is 0 Å². The highest BCUT2D eigenvalue weighted by Crippen LogP contribution is 2.17. The Labute approximate surface area is 101 Å². The Balaban J connectivity index is 0.000000171. The summed E-state index contributed by atoms with van der Waals surface area (Å²) < 4.78 is 0. The van der Waals surface area contributed by atoms with Crippen LogP contribution in [0.4, 0.5) is 5.69 Å². The summed E-state index contributed by atoms with van der Waals surface area (Å²) in [6.45, 7) is 3.65. The van der Waals surface area contributed by atoms with E-state index in [2.05, 4.69) is 16.6 Å². The molecule has 17 heavy (non-hydrogen) atoms. The number of carbonyl (C=O) groups excluding carboxylic acids is 1. The molecule has 1 aromatic carbocycles. The lowest BCUT2D eigenvalue weighted by atomic mass is 9.95. The van der Waals surface area contributed by atoms with E-state index in [-0.39, 0.29) is 5.78 Å². The quantitative estimate of drug-likeness (QED) is 0.306. The number of azide groups is 1. The fourth-order valence-electron chi connectivity index (χ4n) is 1.49. The second-order valence-electron chi connectivity index (χ2n) is 3.76. The molecule has 0 spiro atoms. The summed E-state index contributed by atoms with van der Waals surface area (Å²) in [5, 5.41) is 3.39. The molecule has 0 N–H and O–H groups in total. The molecule has 1 fully saturated rings. The SMILES string of the molecule is C=C1CCCCC1=O.[N-]=[N+]=Nc1ccccc1. The van der Waals surface area contributed by atoms with Gasteiger partial charge in [0.2, 0.25) is 0 Å². The Morgan fingerprint density at radius 3 is 2.29 bits per heavy atom. The average Bonchev–Trinajstić information content (AvgIpc) is 2.36. The lowest BCUT2D eigenvalue weighted by molar-refractivity contribution is -0.116. The van der Waals surface area contributed by atoms with Gasteiger partial charge in [-0.2, -0.15) is 0 Å². The monoisotopic (exact) mass is 229 g/mol. The summed E-state index contributed by atoms with van der Waals surface area (Å²) in [6.07, 6.45) is 3.89. The summed E-state index contributed by atoms with van der Waals surface area (Å²) in [5.41, 5.74) is 9.46. The van der Waals surface area contributed by atoms with Crippen molar-refractivity contribution >= 4 is 11.5 Å². The number of nitrogens with zero attached hydrogens (tertiary/aromatic N) is 3. The second-order valence-corrected chi connectivity index (χ2v) is 3.76. The van der Waals surface area contributed by atoms with Crippen LogP contribution in [0.3, 0.4) is 0 Å². The van der Waals surface area contributed by atoms with Gasteiger partial charge in [-0.05, 0) is 30.4 Å². The predicted octanol–water partition coefficient (Wildman–Crippen LogP) is 4.31. The summed E-state index contributed by atoms with van der Waals surface area (Å²) in [4.78, 5) is 13.3. The van der Waals surface area contributed by atoms with Crippen LogP contribution in [0.1, 0.15) is 25.7 Å². The van der Waals surface area contributed by atoms with Gasteiger partial charge in [0.05, 0.1) is 0 Å². The molecular weight excluding hydrogens is 214 g/mol. The van der Waals surface area contributed by atoms with Crippen molar-refractivity contribution in [2.75, 3.05) is 0 Å². The Morgan fingerprint density at radius 1 is 1.18 bits per heavy atom. The van der Waals surface area contributed by atoms with Gasteiger partial charge in [0.25, 0.3) is 0 Å². The second kappa shape index (κ2) is 7.25. The molecule has 88 valence electrons. The molecule has 0 unspecified atom stereocenters. The highest BCUT2D eigenvalue weighted by atomic mass is 16.1. The molecule has 0 aromatic heterocycles. The van der Waals surface area contributed by atoms with Crippen molar-refractivity contribution in [3.63, 3.8) is 0 Å². The maximum Gasteiger partial charge on any atom is 0.158 e. The fraction of sp³-hybridized carbons (Fsp3) is 0.308. The molecule has 0 heterocycles. The molecule has 0 aliphatic heterocycles. The van der Waals surface area contributed by atoms with E-state index < -0.39 is 0 Å². The van der Waals surface area contributed by atoms with Crippen LogP contribution in [0.2, 0.25) is 0 Å². The molecule has 1 aliphatic carbocycles. The topological polar surface area (TPSA) is 65.8 Å². The summed E-state index contributed by atoms with van der Waals surface area (Å²) in [5.74, 6) is 0.274. The minimum atomic E-state index is 0.274. The van der Waals surface area contributed by atoms with Gasteiger partial charge in [-0.1, -0.05) is 42.0 Å². The van der Waals surface area contributed by atoms with E-state index in [1.165, 1.54) is 0 Å². The third-order valence-electron chi connectivity index (χ3n) is 2.44. The number of benzene rings is 1. The first kappa shape index (κ1) is 13.0. The first-order valence-electron chi connectivity index (χ1n) is 5.55. The van der Waals surface area contributed by atoms with Gasteiger partial charge in [-0.3, -0.25) is 4.79 Å². The Hall–Kier alpha value is -2.06. The number of hydrogen-bond acceptors (Lipinski definition) is 2. The minimum absolute atomic E-state index is 0.274. The molecule has 0 radical (unpaired) electrons. The van der Waals surface area contributed by atoms with Gasteiger partial charge in [0, 0.05) is 17.0 Å². The van der Waals surface area contributed by atoms with Crippen LogP contribution in [0.15, 0.2) is 47.6 Å². The van der Waals surface area contributed by atoms with Crippen LogP contribution in [-0.2, 0) is 4.79 Å². The minimum Gasteiger partial charge on any atom is -0.295 e. The zero-order valence-corrected chi connectivity index (χ0v) is 9.67. The van der Waals surface area contributed by atoms with Crippen molar-refractivity contribution in [2.24, 2.45) is 5.11 Å². The molecule has 0 bridgehead atoms. The maximum absolute atomic E-state index is 10.7. The number of carbonyl (C=O) groups is 1. The van der Waals surface area contributed by atoms with E-state index in [1.54, 1.807) is 12.1 Å². The summed E-state index contributed by atoms with van der Waals surface area (Å²) in [6, 6.07) is 9.02. The van der Waals surface area contributed by atoms with Crippen LogP contribution in [0, 0.1) is 0 Å². The first-order chi connectivity index (χ1) is 8.24. The highest BCUT2D eigenvalue weighted by Gasteiger charge is 2.11. The molecule has 1 aliphatic rings. The molecule has 4 nitrogen and oxygen atoms in total. The molecule has 1 saturated carbocycles. The first-order valence-corrected chi connectivity index (χ1v) is 5.55. The van der Waals surface area contributed by atoms with E-state index in [4.69, 9.17) is 5.53 Å². The van der Waals surface area contributed by atoms with Gasteiger partial charge < -0.3 is 0 Å². The van der Waals surface area contributed by atoms with Crippen LogP contribution in [0.5, 0.6) is 0 Å². The van der Waals surface area contributed by atoms with E-state index in [0.717, 1.165) is 31.3 Å². The Morgan fingerprint density at radius 2 is 1.82 bits per heavy atom. The van der Waals surface area contributed by atoms with Crippen LogP contribution in [0.25, 0.3) is 10.4 Å². The van der Waals surface area contributed by atoms with E-state index in [1.807, 2.05) is 18.2 Å². The largest absolute Gasteiger partial charge is 0.295 e. The van der Waals surface area contributed by atoms with Crippen molar-refractivity contribution in [3.05, 3.63) is 52.9 Å². The Bertz CT molecular complexity index is 417. The summed E-state index contributed by atoms with van der Waals surface area (Å²) in [7, 11) is 0. The fourth-order valence-corrected chi connectivity index (χ4v) is 1.49. The predicted molar refractivity (Wildman–Crippen MR) is 67.9 cm³/mol. The number of allylic oxidation sites excluding steroid dienone is 1. The lowest BCUT2D eigenvalue weighted by Crippen LogP contribution is -2.06. The van der Waals surface area contributed by atoms with Crippen LogP contribution < -0.4 is 0 Å². The third kappa shape index (κ3) is 5.00. The molecule has 0 amide bonds. The number of rotatable bonds is 1. The molecule has 1 aromatic rings. The van der Waals surface area contributed by atoms with E-state index in [0.29, 0.717) is 5.69 Å². The van der Waals surface area contributed by atoms with Gasteiger partial charge in [-0.25, -0.2) is 0 Å². The third-order valence-corrected chi connectivity index (χ3v) is 2.44. The Kier molecular flexibility index (Phi) is 5.55. The van der Waals surface area contributed by atoms with Gasteiger partial charge >= 0.3 is 0 Å². The number of ketones is 1. The number of Topliss-reactive ketones (excluding diaryl/α,β-unsaturated/α-hetero) is 1. The number of hydrogen-bond donors (Lipinski definition) is 0. The van der Waals surface area contributed by atoms with Crippen molar-refractivity contribution < 1.29 is 4.79 Å². The zero-order chi connectivity index (χ0) is 12.5. The van der Waals surface area contributed by atoms with Gasteiger partial charge in [0.15, 0.2) is 5.78 Å². The molecule has 0 saturated heterocycles. The standard InChI is InChI=1S/C7H10O.C6H5N3/c1-6-4-2-3-5-7(6)8;7-9-8-6-4-2-1-3-5-6/h1-5H2;1-5H. The highest BCUT2D eigenvalue weighted by molar-refractivity contribution is 5.95. The van der Waals surface area contributed by atoms with Gasteiger partial charge in [-0.15, -0.1) is 0 Å². The molecule has 2 rings (SSSR count). The van der Waals surface area contributed by atoms with Crippen molar-refractivity contribution in [1.29, 1.82) is 0 Å². The zero-order valence-electron chi connectivity index (χ0n) is 9.67. The maximum atomic E-state index is 10.7. The van der Waals surface area contributed by atoms with Gasteiger partial charge in [0.1, 0.15) is 0 Å². The van der Waals surface area contributed by atoms with Crippen LogP contribution >= 0.6 is 0 Å². The average molecular weight is 229 g/mol. The van der Waals surface area contributed by atoms with Crippen LogP contribution in [-0.4, -0.2) is 5.78 Å². The van der Waals surface area contributed by atoms with E-state index >= 15 is 0 Å².